The second-order valence-corrected chi connectivity index (χ2v) is 7.61. The predicted molar refractivity (Wildman–Crippen MR) is 115 cm³/mol. The zero-order valence-corrected chi connectivity index (χ0v) is 16.9. The van der Waals surface area contributed by atoms with E-state index in [9.17, 15) is 9.59 Å². The lowest BCUT2D eigenvalue weighted by atomic mass is 10.2. The van der Waals surface area contributed by atoms with E-state index < -0.39 is 0 Å². The normalized spacial score (nSPS) is 10.7. The molecule has 4 aromatic rings. The first-order chi connectivity index (χ1) is 14.0. The number of anilines is 1. The molecule has 0 atom stereocenters. The van der Waals surface area contributed by atoms with Crippen molar-refractivity contribution in [3.8, 4) is 17.1 Å². The van der Waals surface area contributed by atoms with Crippen LogP contribution in [-0.4, -0.2) is 20.4 Å². The smallest absolute Gasteiger partial charge is 0.258 e. The van der Waals surface area contributed by atoms with Crippen LogP contribution in [0.4, 0.5) is 5.13 Å². The summed E-state index contributed by atoms with van der Waals surface area (Å²) in [7, 11) is 0. The van der Waals surface area contributed by atoms with Gasteiger partial charge in [0.2, 0.25) is 0 Å². The molecule has 0 saturated heterocycles. The van der Waals surface area contributed by atoms with Crippen molar-refractivity contribution in [2.45, 2.75) is 6.92 Å². The Bertz CT molecular complexity index is 1230. The van der Waals surface area contributed by atoms with Crippen molar-refractivity contribution in [3.63, 3.8) is 0 Å². The van der Waals surface area contributed by atoms with E-state index in [0.717, 1.165) is 5.56 Å². The van der Waals surface area contributed by atoms with E-state index >= 15 is 0 Å². The molecule has 1 amide bonds. The summed E-state index contributed by atoms with van der Waals surface area (Å²) in [5, 5.41) is 5.55. The fourth-order valence-electron chi connectivity index (χ4n) is 2.67. The number of thiazole rings is 1. The highest BCUT2D eigenvalue weighted by Gasteiger charge is 2.12. The van der Waals surface area contributed by atoms with Gasteiger partial charge in [0, 0.05) is 29.5 Å². The van der Waals surface area contributed by atoms with Gasteiger partial charge in [-0.1, -0.05) is 29.3 Å². The molecule has 3 heterocycles. The van der Waals surface area contributed by atoms with Gasteiger partial charge in [0.25, 0.3) is 11.5 Å². The van der Waals surface area contributed by atoms with Crippen molar-refractivity contribution >= 4 is 34.0 Å². The van der Waals surface area contributed by atoms with Crippen molar-refractivity contribution in [1.29, 1.82) is 0 Å². The van der Waals surface area contributed by atoms with Crippen LogP contribution < -0.4 is 10.9 Å². The van der Waals surface area contributed by atoms with Gasteiger partial charge >= 0.3 is 0 Å². The third-order valence-electron chi connectivity index (χ3n) is 4.20. The van der Waals surface area contributed by atoms with Gasteiger partial charge in [-0.3, -0.25) is 24.5 Å². The van der Waals surface area contributed by atoms with Crippen LogP contribution in [0.3, 0.4) is 0 Å². The second-order valence-electron chi connectivity index (χ2n) is 6.32. The number of rotatable bonds is 4. The zero-order valence-electron chi connectivity index (χ0n) is 15.3. The fourth-order valence-corrected chi connectivity index (χ4v) is 3.49. The monoisotopic (exact) mass is 422 g/mol. The number of aromatic nitrogens is 3. The fraction of sp³-hybridized carbons (Fsp3) is 0.0476. The summed E-state index contributed by atoms with van der Waals surface area (Å²) < 4.78 is 1.44. The molecule has 29 heavy (non-hydrogen) atoms. The molecule has 1 aromatic carbocycles. The molecule has 0 spiro atoms. The van der Waals surface area contributed by atoms with Crippen LogP contribution in [0.15, 0.2) is 71.1 Å². The Labute approximate surface area is 175 Å². The maximum Gasteiger partial charge on any atom is 0.258 e. The van der Waals surface area contributed by atoms with Crippen LogP contribution in [-0.2, 0) is 0 Å². The minimum Gasteiger partial charge on any atom is -0.298 e. The summed E-state index contributed by atoms with van der Waals surface area (Å²) in [6, 6.07) is 13.9. The Kier molecular flexibility index (Phi) is 5.24. The molecule has 6 nitrogen and oxygen atoms in total. The number of hydrogen-bond donors (Lipinski definition) is 1. The largest absolute Gasteiger partial charge is 0.298 e. The minimum atomic E-state index is -0.351. The highest BCUT2D eigenvalue weighted by molar-refractivity contribution is 7.14. The van der Waals surface area contributed by atoms with Crippen molar-refractivity contribution < 1.29 is 4.79 Å². The first-order valence-electron chi connectivity index (χ1n) is 8.68. The molecule has 144 valence electrons. The standard InChI is InChI=1S/C21H15ClN4O2S/c1-13-2-6-16(7-3-13)26-11-14(4-9-19(26)27)20(28)25-21-24-18(12-29-21)17-8-5-15(22)10-23-17/h2-12H,1H3,(H,24,25,28). The number of halogens is 1. The molecule has 0 unspecified atom stereocenters. The summed E-state index contributed by atoms with van der Waals surface area (Å²) in [5.74, 6) is -0.351. The van der Waals surface area contributed by atoms with Gasteiger partial charge in [-0.15, -0.1) is 11.3 Å². The third kappa shape index (κ3) is 4.26. The van der Waals surface area contributed by atoms with Crippen molar-refractivity contribution in [3.05, 3.63) is 92.8 Å². The van der Waals surface area contributed by atoms with Crippen LogP contribution in [0, 0.1) is 6.92 Å². The number of nitrogens with zero attached hydrogens (tertiary/aromatic N) is 3. The van der Waals surface area contributed by atoms with E-state index in [1.54, 1.807) is 23.7 Å². The first kappa shape index (κ1) is 19.0. The molecule has 0 fully saturated rings. The number of carbonyl (C=O) groups excluding carboxylic acids is 1. The summed E-state index contributed by atoms with van der Waals surface area (Å²) in [4.78, 5) is 33.5. The van der Waals surface area contributed by atoms with E-state index in [1.807, 2.05) is 31.2 Å². The quantitative estimate of drug-likeness (QED) is 0.522. The van der Waals surface area contributed by atoms with Gasteiger partial charge < -0.3 is 0 Å². The number of amides is 1. The number of nitrogens with one attached hydrogen (secondary N) is 1. The summed E-state index contributed by atoms with van der Waals surface area (Å²) in [5.41, 5.74) is 3.24. The summed E-state index contributed by atoms with van der Waals surface area (Å²) >= 11 is 7.15. The van der Waals surface area contributed by atoms with Gasteiger partial charge in [0.15, 0.2) is 5.13 Å². The van der Waals surface area contributed by atoms with Crippen LogP contribution in [0.1, 0.15) is 15.9 Å². The minimum absolute atomic E-state index is 0.212. The van der Waals surface area contributed by atoms with Crippen LogP contribution in [0.2, 0.25) is 5.02 Å². The van der Waals surface area contributed by atoms with E-state index in [-0.39, 0.29) is 11.5 Å². The molecule has 1 N–H and O–H groups in total. The van der Waals surface area contributed by atoms with Crippen molar-refractivity contribution in [2.75, 3.05) is 5.32 Å². The summed E-state index contributed by atoms with van der Waals surface area (Å²) in [6.45, 7) is 1.97. The van der Waals surface area contributed by atoms with Gasteiger partial charge in [-0.25, -0.2) is 4.98 Å². The predicted octanol–water partition coefficient (Wildman–Crippen LogP) is 4.57. The Hall–Kier alpha value is -3.29. The highest BCUT2D eigenvalue weighted by atomic mass is 35.5. The lowest BCUT2D eigenvalue weighted by Crippen LogP contribution is -2.20. The van der Waals surface area contributed by atoms with Gasteiger partial charge in [-0.2, -0.15) is 0 Å². The van der Waals surface area contributed by atoms with E-state index in [4.69, 9.17) is 11.6 Å². The van der Waals surface area contributed by atoms with Crippen LogP contribution in [0.5, 0.6) is 0 Å². The van der Waals surface area contributed by atoms with E-state index in [1.165, 1.54) is 34.2 Å². The maximum atomic E-state index is 12.7. The molecular weight excluding hydrogens is 408 g/mol. The number of aryl methyl sites for hydroxylation is 1. The van der Waals surface area contributed by atoms with Crippen LogP contribution in [0.25, 0.3) is 17.1 Å². The average molecular weight is 423 g/mol. The Morgan fingerprint density at radius 2 is 1.86 bits per heavy atom. The topological polar surface area (TPSA) is 76.9 Å². The first-order valence-corrected chi connectivity index (χ1v) is 9.94. The molecule has 0 saturated carbocycles. The van der Waals surface area contributed by atoms with Crippen molar-refractivity contribution in [2.24, 2.45) is 0 Å². The number of pyridine rings is 2. The molecule has 0 aliphatic rings. The van der Waals surface area contributed by atoms with E-state index in [2.05, 4.69) is 15.3 Å². The lowest BCUT2D eigenvalue weighted by Gasteiger charge is -2.08. The Morgan fingerprint density at radius 1 is 1.07 bits per heavy atom. The lowest BCUT2D eigenvalue weighted by molar-refractivity contribution is 0.102. The van der Waals surface area contributed by atoms with E-state index in [0.29, 0.717) is 32.8 Å². The van der Waals surface area contributed by atoms with Crippen LogP contribution >= 0.6 is 22.9 Å². The number of hydrogen-bond acceptors (Lipinski definition) is 5. The van der Waals surface area contributed by atoms with Gasteiger partial charge in [0.1, 0.15) is 5.69 Å². The molecule has 8 heteroatoms. The molecule has 3 aromatic heterocycles. The highest BCUT2D eigenvalue weighted by Crippen LogP contribution is 2.24. The molecule has 0 radical (unpaired) electrons. The maximum absolute atomic E-state index is 12.7. The second kappa shape index (κ2) is 7.98. The third-order valence-corrected chi connectivity index (χ3v) is 5.18. The average Bonchev–Trinajstić information content (AvgIpc) is 3.18. The summed E-state index contributed by atoms with van der Waals surface area (Å²) in [6.07, 6.45) is 3.07. The Morgan fingerprint density at radius 3 is 2.59 bits per heavy atom. The molecule has 0 aliphatic heterocycles. The number of benzene rings is 1. The molecule has 4 rings (SSSR count). The molecule has 0 bridgehead atoms. The number of carbonyl (C=O) groups is 1. The zero-order chi connectivity index (χ0) is 20.4. The van der Waals surface area contributed by atoms with Gasteiger partial charge in [0.05, 0.1) is 16.3 Å². The van der Waals surface area contributed by atoms with Crippen molar-refractivity contribution in [1.82, 2.24) is 14.5 Å². The van der Waals surface area contributed by atoms with Gasteiger partial charge in [-0.05, 0) is 37.3 Å². The Balaban J connectivity index is 1.56. The molecule has 0 aliphatic carbocycles. The molecular formula is C21H15ClN4O2S. The SMILES string of the molecule is Cc1ccc(-n2cc(C(=O)Nc3nc(-c4ccc(Cl)cn4)cs3)ccc2=O)cc1.